The first-order valence-electron chi connectivity index (χ1n) is 4.50. The van der Waals surface area contributed by atoms with Crippen molar-refractivity contribution in [2.45, 2.75) is 19.0 Å². The molecule has 2 fully saturated rings. The molecule has 0 radical (unpaired) electrons. The van der Waals surface area contributed by atoms with Gasteiger partial charge in [0.2, 0.25) is 6.29 Å². The fourth-order valence-electron chi connectivity index (χ4n) is 1.13. The lowest BCUT2D eigenvalue weighted by atomic mass is 10.5. The molecule has 3 atom stereocenters. The predicted molar refractivity (Wildman–Crippen MR) is 53.3 cm³/mol. The molecule has 0 bridgehead atoms. The van der Waals surface area contributed by atoms with Crippen LogP contribution in [0.5, 0.6) is 0 Å². The van der Waals surface area contributed by atoms with Crippen LogP contribution < -0.4 is 0 Å². The van der Waals surface area contributed by atoms with Gasteiger partial charge in [-0.3, -0.25) is 0 Å². The highest BCUT2D eigenvalue weighted by molar-refractivity contribution is 7.87. The molecule has 0 aromatic rings. The van der Waals surface area contributed by atoms with Gasteiger partial charge in [0.05, 0.1) is 5.75 Å². The zero-order valence-corrected chi connectivity index (χ0v) is 11.0. The largest absolute Gasteiger partial charge is 0.402 e. The number of rotatable bonds is 4. The van der Waals surface area contributed by atoms with Crippen LogP contribution in [0, 0.1) is 0 Å². The molecule has 10 nitrogen and oxygen atoms in total. The van der Waals surface area contributed by atoms with Gasteiger partial charge in [-0.25, -0.2) is 20.9 Å². The van der Waals surface area contributed by atoms with E-state index < -0.39 is 51.1 Å². The molecule has 0 amide bonds. The van der Waals surface area contributed by atoms with E-state index in [0.717, 1.165) is 0 Å². The van der Waals surface area contributed by atoms with Crippen LogP contribution in [0.1, 0.15) is 6.42 Å². The summed E-state index contributed by atoms with van der Waals surface area (Å²) >= 11 is -2.42. The van der Waals surface area contributed by atoms with Crippen LogP contribution in [0.25, 0.3) is 0 Å². The second-order valence-corrected chi connectivity index (χ2v) is 6.95. The Morgan fingerprint density at radius 3 is 2.22 bits per heavy atom. The Balaban J connectivity index is 1.80. The molecule has 0 N–H and O–H groups in total. The van der Waals surface area contributed by atoms with E-state index >= 15 is 0 Å². The van der Waals surface area contributed by atoms with Gasteiger partial charge in [-0.1, -0.05) is 0 Å². The Hall–Kier alpha value is -0.150. The number of hydrogen-bond acceptors (Lipinski definition) is 10. The summed E-state index contributed by atoms with van der Waals surface area (Å²) in [6.07, 6.45) is -2.64. The van der Waals surface area contributed by atoms with E-state index in [9.17, 15) is 21.0 Å². The first-order valence-corrected chi connectivity index (χ1v) is 8.41. The Kier molecular flexibility index (Phi) is 4.03. The van der Waals surface area contributed by atoms with E-state index in [1.54, 1.807) is 0 Å². The normalized spacial score (nSPS) is 35.6. The zero-order chi connectivity index (χ0) is 13.4. The molecule has 0 aromatic carbocycles. The molecule has 13 heteroatoms. The maximum absolute atomic E-state index is 11.2. The van der Waals surface area contributed by atoms with Crippen molar-refractivity contribution in [3.63, 3.8) is 0 Å². The highest BCUT2D eigenvalue weighted by atomic mass is 32.3. The summed E-state index contributed by atoms with van der Waals surface area (Å²) in [6, 6.07) is 0. The van der Waals surface area contributed by atoms with E-state index in [2.05, 4.69) is 20.9 Å². The Labute approximate surface area is 105 Å². The second kappa shape index (κ2) is 5.09. The van der Waals surface area contributed by atoms with Crippen molar-refractivity contribution in [1.29, 1.82) is 0 Å². The minimum atomic E-state index is -4.13. The topological polar surface area (TPSA) is 132 Å². The Morgan fingerprint density at radius 1 is 1.06 bits per heavy atom. The average Bonchev–Trinajstić information content (AvgIpc) is 2.69. The van der Waals surface area contributed by atoms with Gasteiger partial charge < -0.3 is 0 Å². The molecule has 2 saturated heterocycles. The first-order chi connectivity index (χ1) is 8.26. The summed E-state index contributed by atoms with van der Waals surface area (Å²) in [6.45, 7) is -0.471. The third-order valence-corrected chi connectivity index (χ3v) is 4.67. The average molecular weight is 324 g/mol. The standard InChI is InChI=1S/C5H8O10S3/c6-16(12-4-1-2-17(7,8)14-4)13-5-3-11-18(9,10)15-5/h4-5H,1-3H2. The molecule has 2 aliphatic heterocycles. The highest BCUT2D eigenvalue weighted by Gasteiger charge is 2.35. The molecule has 3 unspecified atom stereocenters. The third-order valence-electron chi connectivity index (χ3n) is 1.80. The van der Waals surface area contributed by atoms with Crippen LogP contribution >= 0.6 is 0 Å². The van der Waals surface area contributed by atoms with Crippen molar-refractivity contribution in [3.8, 4) is 0 Å². The van der Waals surface area contributed by atoms with Crippen LogP contribution in [0.4, 0.5) is 0 Å². The fourth-order valence-corrected chi connectivity index (χ4v) is 3.59. The van der Waals surface area contributed by atoms with Crippen molar-refractivity contribution < 1.29 is 42.0 Å². The molecule has 0 aromatic heterocycles. The monoisotopic (exact) mass is 324 g/mol. The fraction of sp³-hybridized carbons (Fsp3) is 1.00. The summed E-state index contributed by atoms with van der Waals surface area (Å²) < 4.78 is 76.3. The lowest BCUT2D eigenvalue weighted by Gasteiger charge is -2.09. The maximum atomic E-state index is 11.2. The molecule has 0 aliphatic carbocycles. The van der Waals surface area contributed by atoms with Crippen LogP contribution in [0.3, 0.4) is 0 Å². The summed E-state index contributed by atoms with van der Waals surface area (Å²) in [5.41, 5.74) is 0. The summed E-state index contributed by atoms with van der Waals surface area (Å²) in [5.74, 6) is -0.258. The predicted octanol–water partition coefficient (Wildman–Crippen LogP) is -1.71. The third kappa shape index (κ3) is 3.92. The maximum Gasteiger partial charge on any atom is 0.402 e. The minimum absolute atomic E-state index is 0.00223. The SMILES string of the molecule is O=S(OC1CCS(=O)(=O)O1)OC1COS(=O)(=O)O1. The van der Waals surface area contributed by atoms with Crippen LogP contribution in [0.15, 0.2) is 0 Å². The van der Waals surface area contributed by atoms with E-state index in [-0.39, 0.29) is 12.2 Å². The number of hydrogen-bond donors (Lipinski definition) is 0. The van der Waals surface area contributed by atoms with E-state index in [0.29, 0.717) is 0 Å². The molecule has 2 aliphatic rings. The van der Waals surface area contributed by atoms with Gasteiger partial charge >= 0.3 is 21.8 Å². The molecule has 106 valence electrons. The van der Waals surface area contributed by atoms with Crippen molar-refractivity contribution in [2.75, 3.05) is 12.4 Å². The molecule has 2 heterocycles. The lowest BCUT2D eigenvalue weighted by molar-refractivity contribution is -0.0102. The van der Waals surface area contributed by atoms with Crippen molar-refractivity contribution in [2.24, 2.45) is 0 Å². The summed E-state index contributed by atoms with van der Waals surface area (Å²) in [7, 11) is -7.78. The quantitative estimate of drug-likeness (QED) is 0.551. The van der Waals surface area contributed by atoms with Gasteiger partial charge in [-0.15, -0.1) is 0 Å². The van der Waals surface area contributed by atoms with Crippen LogP contribution in [0.2, 0.25) is 0 Å². The summed E-state index contributed by atoms with van der Waals surface area (Å²) in [5, 5.41) is 0. The van der Waals surface area contributed by atoms with Crippen molar-refractivity contribution >= 4 is 31.9 Å². The zero-order valence-electron chi connectivity index (χ0n) is 8.58. The van der Waals surface area contributed by atoms with E-state index in [1.807, 2.05) is 0 Å². The lowest BCUT2D eigenvalue weighted by Crippen LogP contribution is -2.21. The smallest absolute Gasteiger partial charge is 0.243 e. The molecule has 0 saturated carbocycles. The highest BCUT2D eigenvalue weighted by Crippen LogP contribution is 2.20. The molecular formula is C5H8O10S3. The van der Waals surface area contributed by atoms with E-state index in [1.165, 1.54) is 0 Å². The van der Waals surface area contributed by atoms with E-state index in [4.69, 9.17) is 0 Å². The van der Waals surface area contributed by atoms with Crippen molar-refractivity contribution in [3.05, 3.63) is 0 Å². The molecule has 2 rings (SSSR count). The summed E-state index contributed by atoms with van der Waals surface area (Å²) in [4.78, 5) is 0. The van der Waals surface area contributed by atoms with Crippen LogP contribution in [-0.4, -0.2) is 46.0 Å². The van der Waals surface area contributed by atoms with Gasteiger partial charge in [0.1, 0.15) is 6.61 Å². The molecule has 0 spiro atoms. The molecule has 18 heavy (non-hydrogen) atoms. The van der Waals surface area contributed by atoms with Gasteiger partial charge in [0.15, 0.2) is 6.29 Å². The van der Waals surface area contributed by atoms with Gasteiger partial charge in [-0.2, -0.15) is 21.0 Å². The van der Waals surface area contributed by atoms with Crippen LogP contribution in [-0.2, 0) is 52.8 Å². The van der Waals surface area contributed by atoms with Gasteiger partial charge in [-0.05, 0) is 0 Å². The minimum Gasteiger partial charge on any atom is -0.243 e. The Morgan fingerprint density at radius 2 is 1.72 bits per heavy atom. The first kappa shape index (κ1) is 14.3. The van der Waals surface area contributed by atoms with Gasteiger partial charge in [0, 0.05) is 6.42 Å². The van der Waals surface area contributed by atoms with Gasteiger partial charge in [0.25, 0.3) is 10.1 Å². The molecular weight excluding hydrogens is 316 g/mol. The Bertz CT molecular complexity index is 486. The second-order valence-electron chi connectivity index (χ2n) is 3.19. The van der Waals surface area contributed by atoms with Crippen molar-refractivity contribution in [1.82, 2.24) is 0 Å².